The summed E-state index contributed by atoms with van der Waals surface area (Å²) in [5, 5.41) is 0.527. The average molecular weight is 335 g/mol. The van der Waals surface area contributed by atoms with Crippen molar-refractivity contribution in [2.75, 3.05) is 7.11 Å². The van der Waals surface area contributed by atoms with E-state index < -0.39 is 0 Å². The molecule has 0 saturated heterocycles. The molecule has 2 heterocycles. The highest BCUT2D eigenvalue weighted by molar-refractivity contribution is 6.30. The Hall–Kier alpha value is -1.75. The van der Waals surface area contributed by atoms with Crippen LogP contribution in [-0.2, 0) is 17.3 Å². The molecule has 0 N–H and O–H groups in total. The molecule has 2 aromatic rings. The van der Waals surface area contributed by atoms with Crippen molar-refractivity contribution in [3.05, 3.63) is 41.0 Å². The van der Waals surface area contributed by atoms with Crippen LogP contribution in [0.4, 0.5) is 0 Å². The molecule has 2 aromatic heterocycles. The summed E-state index contributed by atoms with van der Waals surface area (Å²) in [5.74, 6) is 2.20. The van der Waals surface area contributed by atoms with Crippen LogP contribution in [-0.4, -0.2) is 27.0 Å². The number of rotatable bonds is 4. The lowest BCUT2D eigenvalue weighted by atomic mass is 9.86. The zero-order valence-corrected chi connectivity index (χ0v) is 15.3. The molecule has 0 radical (unpaired) electrons. The van der Waals surface area contributed by atoms with E-state index in [0.29, 0.717) is 17.2 Å². The SMILES string of the molecule is COc1cnc(C(C)(C)C)nc1CC(C)(C)c1ncc(Cl)cn1. The van der Waals surface area contributed by atoms with Crippen LogP contribution in [0.1, 0.15) is 52.0 Å². The van der Waals surface area contributed by atoms with Crippen LogP contribution in [0.5, 0.6) is 5.75 Å². The number of aromatic nitrogens is 4. The Morgan fingerprint density at radius 3 is 2.04 bits per heavy atom. The molecule has 0 aliphatic carbocycles. The minimum absolute atomic E-state index is 0.123. The first kappa shape index (κ1) is 17.6. The smallest absolute Gasteiger partial charge is 0.158 e. The maximum absolute atomic E-state index is 5.87. The summed E-state index contributed by atoms with van der Waals surface area (Å²) in [4.78, 5) is 17.8. The predicted octanol–water partition coefficient (Wildman–Crippen LogP) is 3.75. The minimum Gasteiger partial charge on any atom is -0.493 e. The van der Waals surface area contributed by atoms with Gasteiger partial charge in [0.25, 0.3) is 0 Å². The average Bonchev–Trinajstić information content (AvgIpc) is 2.46. The second kappa shape index (κ2) is 6.40. The summed E-state index contributed by atoms with van der Waals surface area (Å²) in [6.07, 6.45) is 5.61. The lowest BCUT2D eigenvalue weighted by molar-refractivity contribution is 0.388. The van der Waals surface area contributed by atoms with Crippen molar-refractivity contribution >= 4 is 11.6 Å². The van der Waals surface area contributed by atoms with E-state index in [4.69, 9.17) is 21.3 Å². The third-order valence-electron chi connectivity index (χ3n) is 3.56. The van der Waals surface area contributed by atoms with E-state index in [9.17, 15) is 0 Å². The fraction of sp³-hybridized carbons (Fsp3) is 0.529. The molecule has 0 bridgehead atoms. The fourth-order valence-electron chi connectivity index (χ4n) is 2.22. The van der Waals surface area contributed by atoms with Gasteiger partial charge in [0.15, 0.2) is 5.75 Å². The molecule has 0 unspecified atom stereocenters. The summed E-state index contributed by atoms with van der Waals surface area (Å²) in [6.45, 7) is 10.4. The first-order valence-corrected chi connectivity index (χ1v) is 7.90. The number of hydrogen-bond donors (Lipinski definition) is 0. The van der Waals surface area contributed by atoms with Crippen molar-refractivity contribution < 1.29 is 4.74 Å². The summed E-state index contributed by atoms with van der Waals surface area (Å²) in [6, 6.07) is 0. The summed E-state index contributed by atoms with van der Waals surface area (Å²) in [5.41, 5.74) is 0.430. The van der Waals surface area contributed by atoms with Crippen LogP contribution in [0, 0.1) is 0 Å². The first-order valence-electron chi connectivity index (χ1n) is 7.52. The zero-order chi connectivity index (χ0) is 17.3. The highest BCUT2D eigenvalue weighted by Gasteiger charge is 2.28. The maximum atomic E-state index is 5.87. The van der Waals surface area contributed by atoms with Crippen molar-refractivity contribution in [1.29, 1.82) is 0 Å². The van der Waals surface area contributed by atoms with Gasteiger partial charge in [-0.2, -0.15) is 0 Å². The fourth-order valence-corrected chi connectivity index (χ4v) is 2.32. The van der Waals surface area contributed by atoms with Gasteiger partial charge in [-0.3, -0.25) is 0 Å². The Kier molecular flexibility index (Phi) is 4.90. The Morgan fingerprint density at radius 2 is 1.52 bits per heavy atom. The van der Waals surface area contributed by atoms with E-state index in [-0.39, 0.29) is 10.8 Å². The van der Waals surface area contributed by atoms with Gasteiger partial charge in [-0.05, 0) is 0 Å². The second-order valence-corrected chi connectivity index (χ2v) is 7.68. The number of nitrogens with zero attached hydrogens (tertiary/aromatic N) is 4. The van der Waals surface area contributed by atoms with Gasteiger partial charge in [-0.1, -0.05) is 46.2 Å². The third kappa shape index (κ3) is 4.16. The molecule has 0 atom stereocenters. The Bertz CT molecular complexity index is 678. The van der Waals surface area contributed by atoms with Gasteiger partial charge in [0, 0.05) is 29.6 Å². The van der Waals surface area contributed by atoms with Crippen LogP contribution in [0.15, 0.2) is 18.6 Å². The standard InChI is InChI=1S/C17H23ClN4O/c1-16(2,3)14-21-10-13(23-6)12(22-14)7-17(4,5)15-19-8-11(18)9-20-15/h8-10H,7H2,1-6H3. The monoisotopic (exact) mass is 334 g/mol. The van der Waals surface area contributed by atoms with E-state index in [1.54, 1.807) is 25.7 Å². The normalized spacial score (nSPS) is 12.3. The van der Waals surface area contributed by atoms with Crippen LogP contribution in [0.3, 0.4) is 0 Å². The number of methoxy groups -OCH3 is 1. The van der Waals surface area contributed by atoms with Gasteiger partial charge in [0.2, 0.25) is 0 Å². The molecule has 0 fully saturated rings. The molecule has 6 heteroatoms. The molecule has 0 aromatic carbocycles. The topological polar surface area (TPSA) is 60.8 Å². The highest BCUT2D eigenvalue weighted by Crippen LogP contribution is 2.30. The highest BCUT2D eigenvalue weighted by atomic mass is 35.5. The van der Waals surface area contributed by atoms with E-state index in [2.05, 4.69) is 49.6 Å². The van der Waals surface area contributed by atoms with Crippen LogP contribution in [0.2, 0.25) is 5.02 Å². The van der Waals surface area contributed by atoms with E-state index >= 15 is 0 Å². The molecular formula is C17H23ClN4O. The molecule has 0 saturated carbocycles. The molecule has 0 spiro atoms. The second-order valence-electron chi connectivity index (χ2n) is 7.24. The summed E-state index contributed by atoms with van der Waals surface area (Å²) < 4.78 is 5.43. The van der Waals surface area contributed by atoms with Gasteiger partial charge < -0.3 is 4.74 Å². The number of halogens is 1. The van der Waals surface area contributed by atoms with Gasteiger partial charge in [-0.25, -0.2) is 19.9 Å². The number of ether oxygens (including phenoxy) is 1. The maximum Gasteiger partial charge on any atom is 0.158 e. The van der Waals surface area contributed by atoms with Gasteiger partial charge in [0.05, 0.1) is 24.0 Å². The minimum atomic E-state index is -0.304. The summed E-state index contributed by atoms with van der Waals surface area (Å²) >= 11 is 5.87. The largest absolute Gasteiger partial charge is 0.493 e. The predicted molar refractivity (Wildman–Crippen MR) is 91.1 cm³/mol. The Morgan fingerprint density at radius 1 is 0.957 bits per heavy atom. The Labute approximate surface area is 142 Å². The van der Waals surface area contributed by atoms with Gasteiger partial charge in [-0.15, -0.1) is 0 Å². The first-order chi connectivity index (χ1) is 10.6. The lowest BCUT2D eigenvalue weighted by Gasteiger charge is -2.24. The van der Waals surface area contributed by atoms with Crippen LogP contribution < -0.4 is 4.74 Å². The van der Waals surface area contributed by atoms with Crippen molar-refractivity contribution in [2.24, 2.45) is 0 Å². The van der Waals surface area contributed by atoms with E-state index in [1.807, 2.05) is 0 Å². The molecule has 124 valence electrons. The van der Waals surface area contributed by atoms with Crippen LogP contribution >= 0.6 is 11.6 Å². The molecule has 2 rings (SSSR count). The quantitative estimate of drug-likeness (QED) is 0.852. The summed E-state index contributed by atoms with van der Waals surface area (Å²) in [7, 11) is 1.63. The van der Waals surface area contributed by atoms with Crippen molar-refractivity contribution in [1.82, 2.24) is 19.9 Å². The van der Waals surface area contributed by atoms with Gasteiger partial charge >= 0.3 is 0 Å². The molecule has 5 nitrogen and oxygen atoms in total. The van der Waals surface area contributed by atoms with E-state index in [0.717, 1.165) is 17.3 Å². The molecule has 23 heavy (non-hydrogen) atoms. The van der Waals surface area contributed by atoms with Crippen LogP contribution in [0.25, 0.3) is 0 Å². The van der Waals surface area contributed by atoms with Crippen molar-refractivity contribution in [3.8, 4) is 5.75 Å². The van der Waals surface area contributed by atoms with Crippen molar-refractivity contribution in [3.63, 3.8) is 0 Å². The zero-order valence-electron chi connectivity index (χ0n) is 14.5. The molecular weight excluding hydrogens is 312 g/mol. The lowest BCUT2D eigenvalue weighted by Crippen LogP contribution is -2.26. The number of hydrogen-bond acceptors (Lipinski definition) is 5. The molecule has 0 amide bonds. The van der Waals surface area contributed by atoms with E-state index in [1.165, 1.54) is 0 Å². The third-order valence-corrected chi connectivity index (χ3v) is 3.75. The van der Waals surface area contributed by atoms with Crippen molar-refractivity contribution in [2.45, 2.75) is 51.9 Å². The Balaban J connectivity index is 2.39. The molecule has 0 aliphatic heterocycles. The van der Waals surface area contributed by atoms with Gasteiger partial charge in [0.1, 0.15) is 11.6 Å². The molecule has 0 aliphatic rings.